The van der Waals surface area contributed by atoms with Crippen LogP contribution in [0.2, 0.25) is 0 Å². The van der Waals surface area contributed by atoms with Crippen molar-refractivity contribution in [2.75, 3.05) is 7.11 Å². The Morgan fingerprint density at radius 2 is 1.88 bits per heavy atom. The molecule has 2 aromatic rings. The minimum absolute atomic E-state index is 0.817. The second-order valence-electron chi connectivity index (χ2n) is 7.18. The van der Waals surface area contributed by atoms with E-state index in [2.05, 4.69) is 22.1 Å². The van der Waals surface area contributed by atoms with E-state index in [1.54, 1.807) is 7.11 Å². The zero-order chi connectivity index (χ0) is 17.8. The number of fused-ring (bicyclic) bond motifs is 2. The van der Waals surface area contributed by atoms with Crippen LogP contribution in [0.15, 0.2) is 46.9 Å². The molecule has 2 N–H and O–H groups in total. The lowest BCUT2D eigenvalue weighted by Gasteiger charge is -2.05. The largest absolute Gasteiger partial charge is 0.494 e. The van der Waals surface area contributed by atoms with Crippen LogP contribution in [0.25, 0.3) is 6.08 Å². The smallest absolute Gasteiger partial charge is 0.146 e. The van der Waals surface area contributed by atoms with Crippen LogP contribution < -0.4 is 0 Å². The van der Waals surface area contributed by atoms with Gasteiger partial charge in [0.2, 0.25) is 0 Å². The Morgan fingerprint density at radius 1 is 1.08 bits per heavy atom. The number of aromatic nitrogens is 2. The summed E-state index contributed by atoms with van der Waals surface area (Å²) in [4.78, 5) is 11.6. The lowest BCUT2D eigenvalue weighted by atomic mass is 10.1. The first-order chi connectivity index (χ1) is 12.8. The first kappa shape index (κ1) is 17.0. The number of nitrogens with one attached hydrogen (secondary N) is 2. The summed E-state index contributed by atoms with van der Waals surface area (Å²) in [6.07, 6.45) is 16.3. The molecule has 0 atom stereocenters. The van der Waals surface area contributed by atoms with Crippen molar-refractivity contribution in [3.63, 3.8) is 0 Å². The fourth-order valence-corrected chi connectivity index (χ4v) is 3.83. The molecule has 0 unspecified atom stereocenters. The van der Waals surface area contributed by atoms with Gasteiger partial charge in [0.05, 0.1) is 18.5 Å². The second-order valence-corrected chi connectivity index (χ2v) is 7.18. The standard InChI is InChI=1S/C22H27N3O/c1-26-22-15-20(18-11-8-12-23-18)25-21(22)14-19-16-9-6-4-2-3-5-7-10-17(13-16)24-19/h8,11-15,23-24H,2-7,9-10H2,1H3/b21-14+. The van der Waals surface area contributed by atoms with Crippen molar-refractivity contribution in [2.24, 2.45) is 4.99 Å². The number of methoxy groups -OCH3 is 1. The summed E-state index contributed by atoms with van der Waals surface area (Å²) in [5, 5.41) is 0. The van der Waals surface area contributed by atoms with Crippen LogP contribution >= 0.6 is 0 Å². The van der Waals surface area contributed by atoms with Crippen LogP contribution in [0.4, 0.5) is 0 Å². The first-order valence-corrected chi connectivity index (χ1v) is 9.74. The van der Waals surface area contributed by atoms with Crippen molar-refractivity contribution in [1.82, 2.24) is 9.97 Å². The highest BCUT2D eigenvalue weighted by molar-refractivity contribution is 6.11. The normalized spacial score (nSPS) is 19.8. The number of rotatable bonds is 3. The molecule has 136 valence electrons. The van der Waals surface area contributed by atoms with Gasteiger partial charge in [-0.15, -0.1) is 0 Å². The SMILES string of the molecule is COC1=CC(c2ccc[nH]2)=N/C1=C/c1[nH]c2cc1CCCCCCCC2. The minimum Gasteiger partial charge on any atom is -0.494 e. The number of hydrogen-bond acceptors (Lipinski definition) is 2. The first-order valence-electron chi connectivity index (χ1n) is 9.74. The van der Waals surface area contributed by atoms with Gasteiger partial charge in [0.25, 0.3) is 0 Å². The van der Waals surface area contributed by atoms with Gasteiger partial charge in [-0.2, -0.15) is 0 Å². The minimum atomic E-state index is 0.817. The Labute approximate surface area is 155 Å². The molecule has 2 bridgehead atoms. The Balaban J connectivity index is 1.65. The number of allylic oxidation sites excluding steroid dienone is 1. The highest BCUT2D eigenvalue weighted by Gasteiger charge is 2.18. The van der Waals surface area contributed by atoms with E-state index in [0.717, 1.165) is 35.7 Å². The van der Waals surface area contributed by atoms with Crippen molar-refractivity contribution in [3.05, 3.63) is 64.6 Å². The van der Waals surface area contributed by atoms with Gasteiger partial charge in [-0.25, -0.2) is 4.99 Å². The fourth-order valence-electron chi connectivity index (χ4n) is 3.83. The van der Waals surface area contributed by atoms with E-state index >= 15 is 0 Å². The molecule has 0 amide bonds. The average molecular weight is 349 g/mol. The summed E-state index contributed by atoms with van der Waals surface area (Å²) in [6.45, 7) is 0. The van der Waals surface area contributed by atoms with Crippen molar-refractivity contribution in [2.45, 2.75) is 51.4 Å². The van der Waals surface area contributed by atoms with E-state index in [4.69, 9.17) is 9.73 Å². The number of nitrogens with zero attached hydrogens (tertiary/aromatic N) is 1. The van der Waals surface area contributed by atoms with Crippen molar-refractivity contribution >= 4 is 11.8 Å². The Hall–Kier alpha value is -2.49. The monoisotopic (exact) mass is 349 g/mol. The lowest BCUT2D eigenvalue weighted by molar-refractivity contribution is 0.303. The molecule has 4 heteroatoms. The van der Waals surface area contributed by atoms with Crippen LogP contribution in [0.3, 0.4) is 0 Å². The molecular weight excluding hydrogens is 322 g/mol. The van der Waals surface area contributed by atoms with Gasteiger partial charge >= 0.3 is 0 Å². The van der Waals surface area contributed by atoms with Crippen molar-refractivity contribution in [1.29, 1.82) is 0 Å². The molecule has 26 heavy (non-hydrogen) atoms. The van der Waals surface area contributed by atoms with E-state index < -0.39 is 0 Å². The zero-order valence-corrected chi connectivity index (χ0v) is 15.5. The number of hydrogen-bond donors (Lipinski definition) is 2. The Kier molecular flexibility index (Phi) is 5.09. The number of ether oxygens (including phenoxy) is 1. The van der Waals surface area contributed by atoms with Crippen molar-refractivity contribution < 1.29 is 4.74 Å². The van der Waals surface area contributed by atoms with Crippen LogP contribution in [0.5, 0.6) is 0 Å². The molecule has 0 radical (unpaired) electrons. The summed E-state index contributed by atoms with van der Waals surface area (Å²) in [5.74, 6) is 0.817. The van der Waals surface area contributed by atoms with Crippen LogP contribution in [0, 0.1) is 0 Å². The Morgan fingerprint density at radius 3 is 2.65 bits per heavy atom. The molecule has 3 heterocycles. The van der Waals surface area contributed by atoms with Gasteiger partial charge in [-0.1, -0.05) is 25.7 Å². The summed E-state index contributed by atoms with van der Waals surface area (Å²) in [6, 6.07) is 6.37. The molecule has 2 aromatic heterocycles. The maximum atomic E-state index is 5.58. The van der Waals surface area contributed by atoms with Crippen molar-refractivity contribution in [3.8, 4) is 0 Å². The summed E-state index contributed by atoms with van der Waals surface area (Å²) in [7, 11) is 1.71. The Bertz CT molecular complexity index is 837. The third-order valence-corrected chi connectivity index (χ3v) is 5.27. The molecule has 0 saturated heterocycles. The third-order valence-electron chi connectivity index (χ3n) is 5.27. The van der Waals surface area contributed by atoms with Gasteiger partial charge < -0.3 is 14.7 Å². The lowest BCUT2D eigenvalue weighted by Crippen LogP contribution is -1.93. The fraction of sp³-hybridized carbons (Fsp3) is 0.409. The average Bonchev–Trinajstić information content (AvgIpc) is 3.36. The second kappa shape index (κ2) is 7.81. The molecule has 0 aromatic carbocycles. The van der Waals surface area contributed by atoms with Gasteiger partial charge in [-0.3, -0.25) is 0 Å². The number of H-pyrrole nitrogens is 2. The topological polar surface area (TPSA) is 53.2 Å². The van der Waals surface area contributed by atoms with E-state index in [9.17, 15) is 0 Å². The zero-order valence-electron chi connectivity index (χ0n) is 15.5. The predicted molar refractivity (Wildman–Crippen MR) is 106 cm³/mol. The molecule has 4 rings (SSSR count). The van der Waals surface area contributed by atoms with Gasteiger partial charge in [-0.05, 0) is 55.5 Å². The van der Waals surface area contributed by atoms with E-state index in [1.807, 2.05) is 24.4 Å². The quantitative estimate of drug-likeness (QED) is 0.790. The van der Waals surface area contributed by atoms with E-state index in [1.165, 1.54) is 55.5 Å². The highest BCUT2D eigenvalue weighted by Crippen LogP contribution is 2.27. The number of aryl methyl sites for hydroxylation is 2. The van der Waals surface area contributed by atoms with Gasteiger partial charge in [0, 0.05) is 23.7 Å². The summed E-state index contributed by atoms with van der Waals surface area (Å²) in [5.41, 5.74) is 6.77. The van der Waals surface area contributed by atoms with Gasteiger partial charge in [0.1, 0.15) is 11.5 Å². The van der Waals surface area contributed by atoms with Gasteiger partial charge in [0.15, 0.2) is 0 Å². The van der Waals surface area contributed by atoms with E-state index in [-0.39, 0.29) is 0 Å². The maximum Gasteiger partial charge on any atom is 0.146 e. The number of aromatic amines is 2. The van der Waals surface area contributed by atoms with E-state index in [0.29, 0.717) is 0 Å². The molecule has 1 aliphatic heterocycles. The van der Waals surface area contributed by atoms with Crippen LogP contribution in [-0.4, -0.2) is 22.8 Å². The van der Waals surface area contributed by atoms with Crippen LogP contribution in [-0.2, 0) is 17.6 Å². The molecular formula is C22H27N3O. The predicted octanol–water partition coefficient (Wildman–Crippen LogP) is 5.16. The molecule has 0 fully saturated rings. The number of aliphatic imine (C=N–C) groups is 1. The molecule has 0 spiro atoms. The third kappa shape index (κ3) is 3.69. The summed E-state index contributed by atoms with van der Waals surface area (Å²) >= 11 is 0. The van der Waals surface area contributed by atoms with Crippen LogP contribution in [0.1, 0.15) is 61.2 Å². The molecule has 0 saturated carbocycles. The molecule has 2 aliphatic rings. The maximum absolute atomic E-state index is 5.58. The molecule has 4 nitrogen and oxygen atoms in total. The highest BCUT2D eigenvalue weighted by atomic mass is 16.5. The molecule has 1 aliphatic carbocycles. The summed E-state index contributed by atoms with van der Waals surface area (Å²) < 4.78 is 5.58.